The summed E-state index contributed by atoms with van der Waals surface area (Å²) in [7, 11) is 0. The Morgan fingerprint density at radius 3 is 2.64 bits per heavy atom. The van der Waals surface area contributed by atoms with E-state index < -0.39 is 0 Å². The fourth-order valence-electron chi connectivity index (χ4n) is 2.31. The molecule has 0 aliphatic rings. The third-order valence-corrected chi connectivity index (χ3v) is 5.58. The SMILES string of the molecule is Cc1ccc(SCCNC(=O)CSc2ccc3ccccc3n2)cc1. The van der Waals surface area contributed by atoms with Gasteiger partial charge in [-0.05, 0) is 31.2 Å². The number of para-hydroxylation sites is 1. The lowest BCUT2D eigenvalue weighted by atomic mass is 10.2. The highest BCUT2D eigenvalue weighted by atomic mass is 32.2. The fraction of sp³-hybridized carbons (Fsp3) is 0.200. The normalized spacial score (nSPS) is 10.8. The number of pyridine rings is 1. The van der Waals surface area contributed by atoms with E-state index in [0.29, 0.717) is 12.3 Å². The molecule has 5 heteroatoms. The summed E-state index contributed by atoms with van der Waals surface area (Å²) in [4.78, 5) is 17.8. The average Bonchev–Trinajstić information content (AvgIpc) is 2.65. The number of hydrogen-bond donors (Lipinski definition) is 1. The third-order valence-electron chi connectivity index (χ3n) is 3.64. The number of hydrogen-bond acceptors (Lipinski definition) is 4. The summed E-state index contributed by atoms with van der Waals surface area (Å²) < 4.78 is 0. The zero-order chi connectivity index (χ0) is 17.5. The van der Waals surface area contributed by atoms with Gasteiger partial charge in [0, 0.05) is 22.6 Å². The monoisotopic (exact) mass is 368 g/mol. The second-order valence-electron chi connectivity index (χ2n) is 5.64. The highest BCUT2D eigenvalue weighted by molar-refractivity contribution is 8.00. The minimum absolute atomic E-state index is 0.0458. The van der Waals surface area contributed by atoms with E-state index in [2.05, 4.69) is 41.5 Å². The quantitative estimate of drug-likeness (QED) is 0.491. The summed E-state index contributed by atoms with van der Waals surface area (Å²) in [5.41, 5.74) is 2.22. The van der Waals surface area contributed by atoms with E-state index in [4.69, 9.17) is 0 Å². The fourth-order valence-corrected chi connectivity index (χ4v) is 3.79. The molecule has 0 atom stereocenters. The van der Waals surface area contributed by atoms with Crippen molar-refractivity contribution in [3.63, 3.8) is 0 Å². The van der Waals surface area contributed by atoms with Crippen molar-refractivity contribution in [1.29, 1.82) is 0 Å². The molecule has 0 radical (unpaired) electrons. The Morgan fingerprint density at radius 1 is 1.00 bits per heavy atom. The van der Waals surface area contributed by atoms with Crippen LogP contribution in [-0.4, -0.2) is 28.9 Å². The first-order chi connectivity index (χ1) is 12.2. The van der Waals surface area contributed by atoms with E-state index in [1.54, 1.807) is 11.8 Å². The predicted molar refractivity (Wildman–Crippen MR) is 107 cm³/mol. The van der Waals surface area contributed by atoms with Crippen LogP contribution in [0.1, 0.15) is 5.56 Å². The van der Waals surface area contributed by atoms with Gasteiger partial charge in [-0.1, -0.05) is 53.7 Å². The van der Waals surface area contributed by atoms with Crippen molar-refractivity contribution in [2.24, 2.45) is 0 Å². The van der Waals surface area contributed by atoms with Crippen molar-refractivity contribution in [2.45, 2.75) is 16.8 Å². The second kappa shape index (κ2) is 8.92. The number of nitrogens with zero attached hydrogens (tertiary/aromatic N) is 1. The molecule has 0 saturated carbocycles. The minimum Gasteiger partial charge on any atom is -0.355 e. The van der Waals surface area contributed by atoms with Crippen molar-refractivity contribution in [1.82, 2.24) is 10.3 Å². The summed E-state index contributed by atoms with van der Waals surface area (Å²) in [5, 5.41) is 4.96. The number of rotatable bonds is 7. The molecule has 0 aliphatic heterocycles. The molecule has 128 valence electrons. The number of aromatic nitrogens is 1. The molecular weight excluding hydrogens is 348 g/mol. The van der Waals surface area contributed by atoms with Crippen LogP contribution in [0.2, 0.25) is 0 Å². The van der Waals surface area contributed by atoms with Crippen LogP contribution in [0.25, 0.3) is 10.9 Å². The van der Waals surface area contributed by atoms with E-state index in [1.807, 2.05) is 36.4 Å². The highest BCUT2D eigenvalue weighted by Crippen LogP contribution is 2.20. The lowest BCUT2D eigenvalue weighted by molar-refractivity contribution is -0.118. The topological polar surface area (TPSA) is 42.0 Å². The van der Waals surface area contributed by atoms with Gasteiger partial charge in [-0.15, -0.1) is 11.8 Å². The van der Waals surface area contributed by atoms with Crippen LogP contribution >= 0.6 is 23.5 Å². The third kappa shape index (κ3) is 5.51. The molecule has 1 heterocycles. The van der Waals surface area contributed by atoms with Crippen LogP contribution in [0.5, 0.6) is 0 Å². The molecule has 0 spiro atoms. The van der Waals surface area contributed by atoms with Crippen molar-refractivity contribution in [3.8, 4) is 0 Å². The van der Waals surface area contributed by atoms with Crippen molar-refractivity contribution in [3.05, 3.63) is 66.2 Å². The zero-order valence-corrected chi connectivity index (χ0v) is 15.7. The van der Waals surface area contributed by atoms with Gasteiger partial charge in [0.2, 0.25) is 5.91 Å². The molecule has 0 fully saturated rings. The molecule has 1 N–H and O–H groups in total. The molecule has 3 rings (SSSR count). The number of thioether (sulfide) groups is 2. The molecule has 0 saturated heterocycles. The Kier molecular flexibility index (Phi) is 6.36. The maximum atomic E-state index is 12.0. The van der Waals surface area contributed by atoms with E-state index >= 15 is 0 Å². The van der Waals surface area contributed by atoms with Crippen LogP contribution < -0.4 is 5.32 Å². The number of aryl methyl sites for hydroxylation is 1. The van der Waals surface area contributed by atoms with Gasteiger partial charge in [-0.2, -0.15) is 0 Å². The first-order valence-electron chi connectivity index (χ1n) is 8.15. The first kappa shape index (κ1) is 17.8. The summed E-state index contributed by atoms with van der Waals surface area (Å²) in [6.45, 7) is 2.75. The molecule has 0 aliphatic carbocycles. The van der Waals surface area contributed by atoms with Gasteiger partial charge in [0.05, 0.1) is 16.3 Å². The highest BCUT2D eigenvalue weighted by Gasteiger charge is 2.04. The second-order valence-corrected chi connectivity index (χ2v) is 7.81. The first-order valence-corrected chi connectivity index (χ1v) is 10.1. The Labute approximate surface area is 156 Å². The van der Waals surface area contributed by atoms with Crippen LogP contribution in [0.15, 0.2) is 70.6 Å². The lowest BCUT2D eigenvalue weighted by Gasteiger charge is -2.06. The largest absolute Gasteiger partial charge is 0.355 e. The Morgan fingerprint density at radius 2 is 1.80 bits per heavy atom. The molecule has 0 unspecified atom stereocenters. The Bertz CT molecular complexity index is 850. The van der Waals surface area contributed by atoms with Gasteiger partial charge in [-0.25, -0.2) is 4.98 Å². The smallest absolute Gasteiger partial charge is 0.230 e. The number of amides is 1. The number of nitrogens with one attached hydrogen (secondary N) is 1. The Hall–Kier alpha value is -1.98. The van der Waals surface area contributed by atoms with Gasteiger partial charge in [0.1, 0.15) is 0 Å². The van der Waals surface area contributed by atoms with E-state index in [-0.39, 0.29) is 5.91 Å². The average molecular weight is 369 g/mol. The van der Waals surface area contributed by atoms with Crippen LogP contribution in [0, 0.1) is 6.92 Å². The summed E-state index contributed by atoms with van der Waals surface area (Å²) in [6, 6.07) is 20.4. The van der Waals surface area contributed by atoms with Crippen LogP contribution in [-0.2, 0) is 4.79 Å². The van der Waals surface area contributed by atoms with Gasteiger partial charge >= 0.3 is 0 Å². The molecular formula is C20H20N2OS2. The maximum Gasteiger partial charge on any atom is 0.230 e. The minimum atomic E-state index is 0.0458. The van der Waals surface area contributed by atoms with Gasteiger partial charge in [0.25, 0.3) is 0 Å². The molecule has 2 aromatic carbocycles. The van der Waals surface area contributed by atoms with Gasteiger partial charge < -0.3 is 5.32 Å². The van der Waals surface area contributed by atoms with E-state index in [1.165, 1.54) is 22.2 Å². The molecule has 3 nitrogen and oxygen atoms in total. The zero-order valence-electron chi connectivity index (χ0n) is 14.1. The van der Waals surface area contributed by atoms with Gasteiger partial charge in [0.15, 0.2) is 0 Å². The summed E-state index contributed by atoms with van der Waals surface area (Å²) >= 11 is 3.22. The van der Waals surface area contributed by atoms with Gasteiger partial charge in [-0.3, -0.25) is 4.79 Å². The molecule has 25 heavy (non-hydrogen) atoms. The summed E-state index contributed by atoms with van der Waals surface area (Å²) in [5.74, 6) is 1.30. The Balaban J connectivity index is 1.39. The van der Waals surface area contributed by atoms with Crippen molar-refractivity contribution >= 4 is 40.3 Å². The van der Waals surface area contributed by atoms with Crippen molar-refractivity contribution < 1.29 is 4.79 Å². The lowest BCUT2D eigenvalue weighted by Crippen LogP contribution is -2.27. The number of benzene rings is 2. The number of fused-ring (bicyclic) bond motifs is 1. The summed E-state index contributed by atoms with van der Waals surface area (Å²) in [6.07, 6.45) is 0. The van der Waals surface area contributed by atoms with E-state index in [0.717, 1.165) is 21.7 Å². The number of carbonyl (C=O) groups excluding carboxylic acids is 1. The molecule has 1 amide bonds. The maximum absolute atomic E-state index is 12.0. The van der Waals surface area contributed by atoms with Crippen molar-refractivity contribution in [2.75, 3.05) is 18.1 Å². The van der Waals surface area contributed by atoms with E-state index in [9.17, 15) is 4.79 Å². The van der Waals surface area contributed by atoms with Crippen LogP contribution in [0.4, 0.5) is 0 Å². The molecule has 0 bridgehead atoms. The molecule has 1 aromatic heterocycles. The van der Waals surface area contributed by atoms with Crippen LogP contribution in [0.3, 0.4) is 0 Å². The predicted octanol–water partition coefficient (Wildman–Crippen LogP) is 4.54. The standard InChI is InChI=1S/C20H20N2OS2/c1-15-6-9-17(10-7-15)24-13-12-21-19(23)14-25-20-11-8-16-4-2-3-5-18(16)22-20/h2-11H,12-14H2,1H3,(H,21,23). The molecule has 3 aromatic rings. The number of carbonyl (C=O) groups is 1.